The van der Waals surface area contributed by atoms with Gasteiger partial charge in [0, 0.05) is 5.69 Å². The molecule has 2 amide bonds. The standard InChI is InChI=1S/C22H26N2O5/c1-4-18(29-17-11-6-5-7-12-17)22(27)28-14-20(26)23-13-19(25)24-21-15(2)9-8-10-16(21)3/h5-12,18H,4,13-14H2,1-3H3,(H,23,26)(H,24,25)/t18-/m1/s1. The molecule has 0 heterocycles. The van der Waals surface area contributed by atoms with E-state index in [1.165, 1.54) is 0 Å². The van der Waals surface area contributed by atoms with E-state index >= 15 is 0 Å². The first kappa shape index (κ1) is 21.9. The number of hydrogen-bond acceptors (Lipinski definition) is 5. The highest BCUT2D eigenvalue weighted by Crippen LogP contribution is 2.19. The summed E-state index contributed by atoms with van der Waals surface area (Å²) in [6.45, 7) is 4.86. The summed E-state index contributed by atoms with van der Waals surface area (Å²) in [6.07, 6.45) is -0.411. The minimum absolute atomic E-state index is 0.220. The molecule has 2 aromatic carbocycles. The van der Waals surface area contributed by atoms with Gasteiger partial charge in [0.25, 0.3) is 5.91 Å². The fourth-order valence-electron chi connectivity index (χ4n) is 2.62. The van der Waals surface area contributed by atoms with Gasteiger partial charge in [-0.3, -0.25) is 9.59 Å². The van der Waals surface area contributed by atoms with Crippen molar-refractivity contribution >= 4 is 23.5 Å². The third-order valence-electron chi connectivity index (χ3n) is 4.19. The summed E-state index contributed by atoms with van der Waals surface area (Å²) in [4.78, 5) is 36.1. The molecular weight excluding hydrogens is 372 g/mol. The molecule has 0 fully saturated rings. The number of para-hydroxylation sites is 2. The van der Waals surface area contributed by atoms with Crippen molar-refractivity contribution in [2.24, 2.45) is 0 Å². The van der Waals surface area contributed by atoms with Gasteiger partial charge in [0.1, 0.15) is 5.75 Å². The van der Waals surface area contributed by atoms with E-state index < -0.39 is 24.6 Å². The van der Waals surface area contributed by atoms with Gasteiger partial charge in [0.15, 0.2) is 12.7 Å². The molecule has 0 aliphatic rings. The van der Waals surface area contributed by atoms with Crippen molar-refractivity contribution in [3.05, 3.63) is 59.7 Å². The Bertz CT molecular complexity index is 831. The normalized spacial score (nSPS) is 11.3. The van der Waals surface area contributed by atoms with E-state index in [-0.39, 0.29) is 12.5 Å². The van der Waals surface area contributed by atoms with Crippen LogP contribution in [-0.4, -0.2) is 37.0 Å². The minimum atomic E-state index is -0.808. The molecule has 29 heavy (non-hydrogen) atoms. The Morgan fingerprint density at radius 1 is 0.931 bits per heavy atom. The summed E-state index contributed by atoms with van der Waals surface area (Å²) >= 11 is 0. The van der Waals surface area contributed by atoms with Crippen molar-refractivity contribution in [1.82, 2.24) is 5.32 Å². The lowest BCUT2D eigenvalue weighted by Gasteiger charge is -2.16. The highest BCUT2D eigenvalue weighted by molar-refractivity contribution is 5.96. The molecule has 0 aliphatic heterocycles. The van der Waals surface area contributed by atoms with Crippen LogP contribution in [0.1, 0.15) is 24.5 Å². The van der Waals surface area contributed by atoms with Crippen LogP contribution in [0.5, 0.6) is 5.75 Å². The van der Waals surface area contributed by atoms with Crippen LogP contribution in [0.15, 0.2) is 48.5 Å². The smallest absolute Gasteiger partial charge is 0.347 e. The number of carbonyl (C=O) groups is 3. The first-order valence-corrected chi connectivity index (χ1v) is 9.41. The molecule has 2 rings (SSSR count). The highest BCUT2D eigenvalue weighted by atomic mass is 16.6. The van der Waals surface area contributed by atoms with Crippen molar-refractivity contribution < 1.29 is 23.9 Å². The summed E-state index contributed by atoms with van der Waals surface area (Å²) in [5, 5.41) is 5.21. The predicted molar refractivity (Wildman–Crippen MR) is 110 cm³/mol. The lowest BCUT2D eigenvalue weighted by molar-refractivity contribution is -0.155. The third-order valence-corrected chi connectivity index (χ3v) is 4.19. The summed E-state index contributed by atoms with van der Waals surface area (Å²) in [6, 6.07) is 14.6. The molecule has 0 saturated heterocycles. The second kappa shape index (κ2) is 10.8. The monoisotopic (exact) mass is 398 g/mol. The predicted octanol–water partition coefficient (Wildman–Crippen LogP) is 2.76. The van der Waals surface area contributed by atoms with Gasteiger partial charge in [-0.2, -0.15) is 0 Å². The molecule has 0 bridgehead atoms. The van der Waals surface area contributed by atoms with Crippen LogP contribution < -0.4 is 15.4 Å². The van der Waals surface area contributed by atoms with Crippen LogP contribution in [0, 0.1) is 13.8 Å². The zero-order valence-electron chi connectivity index (χ0n) is 16.9. The Morgan fingerprint density at radius 3 is 2.21 bits per heavy atom. The van der Waals surface area contributed by atoms with E-state index in [1.807, 2.05) is 38.1 Å². The van der Waals surface area contributed by atoms with E-state index in [9.17, 15) is 14.4 Å². The van der Waals surface area contributed by atoms with Crippen molar-refractivity contribution in [2.75, 3.05) is 18.5 Å². The summed E-state index contributed by atoms with van der Waals surface area (Å²) in [7, 11) is 0. The average molecular weight is 398 g/mol. The molecule has 2 N–H and O–H groups in total. The molecule has 7 heteroatoms. The molecule has 0 saturated carbocycles. The van der Waals surface area contributed by atoms with Gasteiger partial charge in [0.2, 0.25) is 5.91 Å². The van der Waals surface area contributed by atoms with Crippen molar-refractivity contribution in [3.63, 3.8) is 0 Å². The zero-order chi connectivity index (χ0) is 21.2. The number of ether oxygens (including phenoxy) is 2. The van der Waals surface area contributed by atoms with Gasteiger partial charge in [-0.15, -0.1) is 0 Å². The van der Waals surface area contributed by atoms with E-state index in [1.54, 1.807) is 31.2 Å². The summed E-state index contributed by atoms with van der Waals surface area (Å²) in [5.41, 5.74) is 2.59. The fourth-order valence-corrected chi connectivity index (χ4v) is 2.62. The highest BCUT2D eigenvalue weighted by Gasteiger charge is 2.21. The zero-order valence-corrected chi connectivity index (χ0v) is 16.9. The quantitative estimate of drug-likeness (QED) is 0.634. The van der Waals surface area contributed by atoms with E-state index in [2.05, 4.69) is 10.6 Å². The molecular formula is C22H26N2O5. The first-order chi connectivity index (χ1) is 13.9. The first-order valence-electron chi connectivity index (χ1n) is 9.41. The third kappa shape index (κ3) is 6.95. The van der Waals surface area contributed by atoms with E-state index in [0.717, 1.165) is 16.8 Å². The molecule has 154 valence electrons. The lowest BCUT2D eigenvalue weighted by Crippen LogP contribution is -2.37. The van der Waals surface area contributed by atoms with Gasteiger partial charge >= 0.3 is 5.97 Å². The number of anilines is 1. The Labute approximate surface area is 170 Å². The average Bonchev–Trinajstić information content (AvgIpc) is 2.72. The molecule has 0 unspecified atom stereocenters. The SMILES string of the molecule is CC[C@@H](Oc1ccccc1)C(=O)OCC(=O)NCC(=O)Nc1c(C)cccc1C. The van der Waals surface area contributed by atoms with Crippen molar-refractivity contribution in [1.29, 1.82) is 0 Å². The fraction of sp³-hybridized carbons (Fsp3) is 0.318. The largest absolute Gasteiger partial charge is 0.479 e. The molecule has 0 spiro atoms. The Morgan fingerprint density at radius 2 is 1.59 bits per heavy atom. The molecule has 7 nitrogen and oxygen atoms in total. The number of amides is 2. The number of nitrogens with one attached hydrogen (secondary N) is 2. The van der Waals surface area contributed by atoms with Gasteiger partial charge in [-0.05, 0) is 43.5 Å². The topological polar surface area (TPSA) is 93.7 Å². The van der Waals surface area contributed by atoms with Gasteiger partial charge in [0.05, 0.1) is 6.54 Å². The molecule has 0 aliphatic carbocycles. The summed E-state index contributed by atoms with van der Waals surface area (Å²) in [5.74, 6) is -1.01. The Balaban J connectivity index is 1.75. The lowest BCUT2D eigenvalue weighted by atomic mass is 10.1. The Hall–Kier alpha value is -3.35. The Kier molecular flexibility index (Phi) is 8.21. The number of esters is 1. The number of benzene rings is 2. The van der Waals surface area contributed by atoms with Crippen LogP contribution in [0.4, 0.5) is 5.69 Å². The van der Waals surface area contributed by atoms with Gasteiger partial charge in [-0.1, -0.05) is 43.3 Å². The maximum Gasteiger partial charge on any atom is 0.347 e. The number of aryl methyl sites for hydroxylation is 2. The number of carbonyl (C=O) groups excluding carboxylic acids is 3. The van der Waals surface area contributed by atoms with E-state index in [0.29, 0.717) is 12.2 Å². The van der Waals surface area contributed by atoms with Crippen LogP contribution in [0.2, 0.25) is 0 Å². The van der Waals surface area contributed by atoms with Crippen LogP contribution in [0.25, 0.3) is 0 Å². The number of rotatable bonds is 9. The number of hydrogen-bond donors (Lipinski definition) is 2. The molecule has 0 radical (unpaired) electrons. The minimum Gasteiger partial charge on any atom is -0.479 e. The van der Waals surface area contributed by atoms with Crippen molar-refractivity contribution in [3.8, 4) is 5.75 Å². The second-order valence-electron chi connectivity index (χ2n) is 6.53. The van der Waals surface area contributed by atoms with Crippen LogP contribution in [0.3, 0.4) is 0 Å². The summed E-state index contributed by atoms with van der Waals surface area (Å²) < 4.78 is 10.6. The van der Waals surface area contributed by atoms with Crippen LogP contribution >= 0.6 is 0 Å². The van der Waals surface area contributed by atoms with Crippen molar-refractivity contribution in [2.45, 2.75) is 33.3 Å². The molecule has 1 atom stereocenters. The van der Waals surface area contributed by atoms with Crippen LogP contribution in [-0.2, 0) is 19.1 Å². The maximum atomic E-state index is 12.1. The van der Waals surface area contributed by atoms with E-state index in [4.69, 9.17) is 9.47 Å². The maximum absolute atomic E-state index is 12.1. The van der Waals surface area contributed by atoms with Gasteiger partial charge < -0.3 is 20.1 Å². The molecule has 2 aromatic rings. The second-order valence-corrected chi connectivity index (χ2v) is 6.53. The van der Waals surface area contributed by atoms with Gasteiger partial charge in [-0.25, -0.2) is 4.79 Å². The molecule has 0 aromatic heterocycles.